The average Bonchev–Trinajstić information content (AvgIpc) is 2.37. The van der Waals surface area contributed by atoms with Gasteiger partial charge in [0.05, 0.1) is 6.21 Å². The van der Waals surface area contributed by atoms with E-state index in [2.05, 4.69) is 15.5 Å². The SMILES string of the molecule is Cc1cc(O)c(/C=N/Nc2ccccn2)cc1C. The van der Waals surface area contributed by atoms with Gasteiger partial charge in [-0.05, 0) is 49.2 Å². The summed E-state index contributed by atoms with van der Waals surface area (Å²) >= 11 is 0. The topological polar surface area (TPSA) is 57.5 Å². The second kappa shape index (κ2) is 5.31. The molecule has 0 atom stereocenters. The van der Waals surface area contributed by atoms with Crippen LogP contribution in [0.1, 0.15) is 16.7 Å². The molecule has 0 aliphatic carbocycles. The highest BCUT2D eigenvalue weighted by atomic mass is 16.3. The number of aryl methyl sites for hydroxylation is 2. The molecule has 2 aromatic rings. The van der Waals surface area contributed by atoms with Crippen LogP contribution in [0.25, 0.3) is 0 Å². The predicted octanol–water partition coefficient (Wildman–Crippen LogP) is 2.85. The zero-order chi connectivity index (χ0) is 13.0. The number of rotatable bonds is 3. The van der Waals surface area contributed by atoms with Crippen LogP contribution in [0.3, 0.4) is 0 Å². The van der Waals surface area contributed by atoms with E-state index in [4.69, 9.17) is 0 Å². The fourth-order valence-corrected chi connectivity index (χ4v) is 1.52. The molecule has 1 aromatic carbocycles. The van der Waals surface area contributed by atoms with Crippen molar-refractivity contribution >= 4 is 12.0 Å². The van der Waals surface area contributed by atoms with E-state index in [1.807, 2.05) is 38.1 Å². The third-order valence-corrected chi connectivity index (χ3v) is 2.69. The lowest BCUT2D eigenvalue weighted by molar-refractivity contribution is 0.474. The number of aromatic hydroxyl groups is 1. The number of anilines is 1. The molecule has 0 fully saturated rings. The summed E-state index contributed by atoms with van der Waals surface area (Å²) in [7, 11) is 0. The third kappa shape index (κ3) is 2.85. The zero-order valence-corrected chi connectivity index (χ0v) is 10.4. The zero-order valence-electron chi connectivity index (χ0n) is 10.4. The fraction of sp³-hybridized carbons (Fsp3) is 0.143. The predicted molar refractivity (Wildman–Crippen MR) is 73.0 cm³/mol. The van der Waals surface area contributed by atoms with Crippen molar-refractivity contribution in [3.8, 4) is 5.75 Å². The van der Waals surface area contributed by atoms with Crippen LogP contribution >= 0.6 is 0 Å². The van der Waals surface area contributed by atoms with Gasteiger partial charge in [-0.25, -0.2) is 4.98 Å². The summed E-state index contributed by atoms with van der Waals surface area (Å²) < 4.78 is 0. The monoisotopic (exact) mass is 241 g/mol. The molecule has 0 spiro atoms. The standard InChI is InChI=1S/C14H15N3O/c1-10-7-12(13(18)8-11(10)2)9-16-17-14-5-3-4-6-15-14/h3-9,18H,1-2H3,(H,15,17)/b16-9+. The highest BCUT2D eigenvalue weighted by Gasteiger charge is 2.01. The molecular weight excluding hydrogens is 226 g/mol. The molecule has 0 saturated heterocycles. The molecule has 4 nitrogen and oxygen atoms in total. The van der Waals surface area contributed by atoms with Crippen molar-refractivity contribution in [1.29, 1.82) is 0 Å². The van der Waals surface area contributed by atoms with Gasteiger partial charge in [-0.3, -0.25) is 5.43 Å². The van der Waals surface area contributed by atoms with Crippen LogP contribution in [-0.4, -0.2) is 16.3 Å². The lowest BCUT2D eigenvalue weighted by atomic mass is 10.1. The van der Waals surface area contributed by atoms with Crippen LogP contribution in [0.2, 0.25) is 0 Å². The van der Waals surface area contributed by atoms with Gasteiger partial charge >= 0.3 is 0 Å². The Kier molecular flexibility index (Phi) is 3.57. The first-order valence-electron chi connectivity index (χ1n) is 5.67. The maximum Gasteiger partial charge on any atom is 0.146 e. The smallest absolute Gasteiger partial charge is 0.146 e. The summed E-state index contributed by atoms with van der Waals surface area (Å²) in [5.41, 5.74) is 5.66. The molecule has 0 unspecified atom stereocenters. The molecule has 0 aliphatic heterocycles. The van der Waals surface area contributed by atoms with E-state index in [1.54, 1.807) is 18.5 Å². The number of hydrogen-bond donors (Lipinski definition) is 2. The minimum atomic E-state index is 0.227. The van der Waals surface area contributed by atoms with Crippen LogP contribution in [0, 0.1) is 13.8 Å². The number of pyridine rings is 1. The molecule has 92 valence electrons. The highest BCUT2D eigenvalue weighted by Crippen LogP contribution is 2.20. The largest absolute Gasteiger partial charge is 0.507 e. The number of hydrogen-bond acceptors (Lipinski definition) is 4. The van der Waals surface area contributed by atoms with Gasteiger partial charge in [0, 0.05) is 11.8 Å². The number of phenols is 1. The Morgan fingerprint density at radius 1 is 1.22 bits per heavy atom. The van der Waals surface area contributed by atoms with Gasteiger partial charge in [0.2, 0.25) is 0 Å². The van der Waals surface area contributed by atoms with Crippen LogP contribution < -0.4 is 5.43 Å². The minimum Gasteiger partial charge on any atom is -0.507 e. The summed E-state index contributed by atoms with van der Waals surface area (Å²) in [6.45, 7) is 3.96. The van der Waals surface area contributed by atoms with E-state index < -0.39 is 0 Å². The first-order valence-corrected chi connectivity index (χ1v) is 5.67. The maximum absolute atomic E-state index is 9.78. The molecular formula is C14H15N3O. The molecule has 0 bridgehead atoms. The van der Waals surface area contributed by atoms with Crippen molar-refractivity contribution in [1.82, 2.24) is 4.98 Å². The molecule has 0 saturated carbocycles. The van der Waals surface area contributed by atoms with Crippen molar-refractivity contribution in [2.24, 2.45) is 5.10 Å². The van der Waals surface area contributed by atoms with E-state index in [0.29, 0.717) is 11.4 Å². The Bertz CT molecular complexity index is 565. The van der Waals surface area contributed by atoms with E-state index in [9.17, 15) is 5.11 Å². The van der Waals surface area contributed by atoms with Gasteiger partial charge < -0.3 is 5.11 Å². The summed E-state index contributed by atoms with van der Waals surface area (Å²) in [5, 5.41) is 13.8. The van der Waals surface area contributed by atoms with Gasteiger partial charge in [-0.15, -0.1) is 0 Å². The number of phenolic OH excluding ortho intramolecular Hbond substituents is 1. The van der Waals surface area contributed by atoms with Crippen molar-refractivity contribution < 1.29 is 5.11 Å². The highest BCUT2D eigenvalue weighted by molar-refractivity contribution is 5.84. The number of hydrazone groups is 1. The maximum atomic E-state index is 9.78. The molecule has 1 aromatic heterocycles. The minimum absolute atomic E-state index is 0.227. The van der Waals surface area contributed by atoms with Crippen molar-refractivity contribution in [3.63, 3.8) is 0 Å². The van der Waals surface area contributed by atoms with E-state index >= 15 is 0 Å². The Morgan fingerprint density at radius 2 is 2.00 bits per heavy atom. The quantitative estimate of drug-likeness (QED) is 0.641. The van der Waals surface area contributed by atoms with E-state index in [0.717, 1.165) is 11.1 Å². The molecule has 0 radical (unpaired) electrons. The lowest BCUT2D eigenvalue weighted by Gasteiger charge is -2.04. The van der Waals surface area contributed by atoms with Gasteiger partial charge in [-0.2, -0.15) is 5.10 Å². The molecule has 2 N–H and O–H groups in total. The Balaban J connectivity index is 2.12. The van der Waals surface area contributed by atoms with Crippen LogP contribution in [0.15, 0.2) is 41.6 Å². The Labute approximate surface area is 106 Å². The molecule has 2 rings (SSSR count). The summed E-state index contributed by atoms with van der Waals surface area (Å²) in [6, 6.07) is 9.16. The normalized spacial score (nSPS) is 10.8. The molecule has 18 heavy (non-hydrogen) atoms. The lowest BCUT2D eigenvalue weighted by Crippen LogP contribution is -1.94. The summed E-state index contributed by atoms with van der Waals surface area (Å²) in [6.07, 6.45) is 3.27. The molecule has 0 aliphatic rings. The summed E-state index contributed by atoms with van der Waals surface area (Å²) in [4.78, 5) is 4.08. The number of benzene rings is 1. The fourth-order valence-electron chi connectivity index (χ4n) is 1.52. The third-order valence-electron chi connectivity index (χ3n) is 2.69. The van der Waals surface area contributed by atoms with Gasteiger partial charge in [0.15, 0.2) is 0 Å². The van der Waals surface area contributed by atoms with Crippen LogP contribution in [-0.2, 0) is 0 Å². The number of aromatic nitrogens is 1. The van der Waals surface area contributed by atoms with E-state index in [-0.39, 0.29) is 5.75 Å². The second-order valence-electron chi connectivity index (χ2n) is 4.08. The Hall–Kier alpha value is -2.36. The van der Waals surface area contributed by atoms with Crippen molar-refractivity contribution in [3.05, 3.63) is 53.2 Å². The van der Waals surface area contributed by atoms with Crippen LogP contribution in [0.5, 0.6) is 5.75 Å². The molecule has 4 heteroatoms. The summed E-state index contributed by atoms with van der Waals surface area (Å²) in [5.74, 6) is 0.891. The molecule has 0 amide bonds. The molecule has 1 heterocycles. The second-order valence-corrected chi connectivity index (χ2v) is 4.08. The first-order chi connectivity index (χ1) is 8.66. The van der Waals surface area contributed by atoms with Crippen LogP contribution in [0.4, 0.5) is 5.82 Å². The van der Waals surface area contributed by atoms with Gasteiger partial charge in [0.1, 0.15) is 11.6 Å². The number of nitrogens with zero attached hydrogens (tertiary/aromatic N) is 2. The van der Waals surface area contributed by atoms with Gasteiger partial charge in [0.25, 0.3) is 0 Å². The van der Waals surface area contributed by atoms with Crippen molar-refractivity contribution in [2.45, 2.75) is 13.8 Å². The number of nitrogens with one attached hydrogen (secondary N) is 1. The van der Waals surface area contributed by atoms with Gasteiger partial charge in [-0.1, -0.05) is 6.07 Å². The first kappa shape index (κ1) is 12.1. The average molecular weight is 241 g/mol. The Morgan fingerprint density at radius 3 is 2.72 bits per heavy atom. The van der Waals surface area contributed by atoms with E-state index in [1.165, 1.54) is 0 Å². The van der Waals surface area contributed by atoms with Crippen molar-refractivity contribution in [2.75, 3.05) is 5.43 Å².